The van der Waals surface area contributed by atoms with E-state index in [1.54, 1.807) is 18.2 Å². The molecule has 0 aliphatic carbocycles. The molecule has 0 saturated heterocycles. The fraction of sp³-hybridized carbons (Fsp3) is 0.222. The predicted octanol–water partition coefficient (Wildman–Crippen LogP) is 3.68. The Bertz CT molecular complexity index is 732. The second kappa shape index (κ2) is 9.54. The first kappa shape index (κ1) is 18.6. The summed E-state index contributed by atoms with van der Waals surface area (Å²) >= 11 is 5.90. The lowest BCUT2D eigenvalue weighted by Crippen LogP contribution is -2.14. The molecular formula is C18H19ClN2O4. The van der Waals surface area contributed by atoms with Gasteiger partial charge in [-0.1, -0.05) is 34.5 Å². The monoisotopic (exact) mass is 362 g/mol. The summed E-state index contributed by atoms with van der Waals surface area (Å²) in [6.45, 7) is 2.55. The second-order valence-electron chi connectivity index (χ2n) is 5.06. The molecule has 0 bridgehead atoms. The highest BCUT2D eigenvalue weighted by Crippen LogP contribution is 2.27. The van der Waals surface area contributed by atoms with Gasteiger partial charge in [-0.05, 0) is 37.3 Å². The van der Waals surface area contributed by atoms with Gasteiger partial charge in [0, 0.05) is 5.02 Å². The van der Waals surface area contributed by atoms with E-state index in [0.29, 0.717) is 23.1 Å². The second-order valence-corrected chi connectivity index (χ2v) is 5.50. The molecule has 132 valence electrons. The molecule has 1 amide bonds. The summed E-state index contributed by atoms with van der Waals surface area (Å²) in [5.41, 5.74) is 1.62. The Hall–Kier alpha value is -2.73. The van der Waals surface area contributed by atoms with Crippen LogP contribution < -0.4 is 14.8 Å². The topological polar surface area (TPSA) is 69.2 Å². The molecular weight excluding hydrogens is 344 g/mol. The number of methoxy groups -OCH3 is 1. The van der Waals surface area contributed by atoms with E-state index in [4.69, 9.17) is 25.9 Å². The first-order valence-electron chi connectivity index (χ1n) is 7.58. The van der Waals surface area contributed by atoms with Crippen LogP contribution in [0, 0.1) is 6.92 Å². The van der Waals surface area contributed by atoms with Gasteiger partial charge in [0.05, 0.1) is 12.8 Å². The van der Waals surface area contributed by atoms with Crippen LogP contribution in [0.5, 0.6) is 11.5 Å². The van der Waals surface area contributed by atoms with Crippen molar-refractivity contribution >= 4 is 29.4 Å². The van der Waals surface area contributed by atoms with Gasteiger partial charge in [0.15, 0.2) is 6.61 Å². The number of halogens is 1. The Morgan fingerprint density at radius 2 is 1.96 bits per heavy atom. The highest BCUT2D eigenvalue weighted by Gasteiger charge is 2.06. The van der Waals surface area contributed by atoms with E-state index in [0.717, 1.165) is 17.5 Å². The molecule has 6 nitrogen and oxygen atoms in total. The fourth-order valence-corrected chi connectivity index (χ4v) is 2.08. The maximum absolute atomic E-state index is 11.8. The van der Waals surface area contributed by atoms with Gasteiger partial charge in [-0.2, -0.15) is 0 Å². The third kappa shape index (κ3) is 6.35. The van der Waals surface area contributed by atoms with Crippen LogP contribution in [-0.4, -0.2) is 32.4 Å². The summed E-state index contributed by atoms with van der Waals surface area (Å²) in [5.74, 6) is 0.794. The number of benzene rings is 2. The smallest absolute Gasteiger partial charge is 0.270 e. The van der Waals surface area contributed by atoms with Crippen molar-refractivity contribution in [3.05, 3.63) is 53.1 Å². The van der Waals surface area contributed by atoms with Crippen molar-refractivity contribution in [2.24, 2.45) is 5.16 Å². The summed E-state index contributed by atoms with van der Waals surface area (Å²) < 4.78 is 10.6. The van der Waals surface area contributed by atoms with Gasteiger partial charge in [-0.15, -0.1) is 0 Å². The molecule has 2 rings (SSSR count). The van der Waals surface area contributed by atoms with Crippen molar-refractivity contribution in [3.8, 4) is 11.5 Å². The van der Waals surface area contributed by atoms with Crippen LogP contribution in [0.4, 0.5) is 5.69 Å². The summed E-state index contributed by atoms with van der Waals surface area (Å²) in [7, 11) is 1.50. The van der Waals surface area contributed by atoms with Gasteiger partial charge >= 0.3 is 0 Å². The van der Waals surface area contributed by atoms with Crippen LogP contribution in [0.1, 0.15) is 5.56 Å². The number of oxime groups is 1. The van der Waals surface area contributed by atoms with Crippen LogP contribution in [-0.2, 0) is 9.63 Å². The number of amides is 1. The van der Waals surface area contributed by atoms with Crippen LogP contribution in [0.15, 0.2) is 47.6 Å². The number of hydrogen-bond acceptors (Lipinski definition) is 5. The molecule has 0 aliphatic heterocycles. The number of rotatable bonds is 8. The number of nitrogens with zero attached hydrogens (tertiary/aromatic N) is 1. The van der Waals surface area contributed by atoms with Crippen molar-refractivity contribution < 1.29 is 19.1 Å². The fourth-order valence-electron chi connectivity index (χ4n) is 1.91. The lowest BCUT2D eigenvalue weighted by atomic mass is 10.2. The van der Waals surface area contributed by atoms with E-state index in [9.17, 15) is 4.79 Å². The lowest BCUT2D eigenvalue weighted by Gasteiger charge is -2.08. The van der Waals surface area contributed by atoms with Crippen LogP contribution in [0.2, 0.25) is 5.02 Å². The lowest BCUT2D eigenvalue weighted by molar-refractivity contribution is -0.110. The zero-order chi connectivity index (χ0) is 18.1. The molecule has 0 heterocycles. The SMILES string of the molecule is COc1ccc(Cl)cc1NC(=O)/C=N\OCCOc1ccc(C)cc1. The summed E-state index contributed by atoms with van der Waals surface area (Å²) in [6, 6.07) is 12.6. The summed E-state index contributed by atoms with van der Waals surface area (Å²) in [4.78, 5) is 16.8. The molecule has 0 spiro atoms. The first-order valence-corrected chi connectivity index (χ1v) is 7.95. The van der Waals surface area contributed by atoms with Crippen molar-refractivity contribution in [1.29, 1.82) is 0 Å². The van der Waals surface area contributed by atoms with Gasteiger partial charge in [0.2, 0.25) is 0 Å². The van der Waals surface area contributed by atoms with E-state index >= 15 is 0 Å². The zero-order valence-corrected chi connectivity index (χ0v) is 14.7. The summed E-state index contributed by atoms with van der Waals surface area (Å²) in [6.07, 6.45) is 1.03. The van der Waals surface area contributed by atoms with Crippen LogP contribution in [0.25, 0.3) is 0 Å². The highest BCUT2D eigenvalue weighted by atomic mass is 35.5. The normalized spacial score (nSPS) is 10.5. The van der Waals surface area contributed by atoms with Gasteiger partial charge in [-0.25, -0.2) is 0 Å². The third-order valence-electron chi connectivity index (χ3n) is 3.13. The molecule has 25 heavy (non-hydrogen) atoms. The van der Waals surface area contributed by atoms with Crippen molar-refractivity contribution in [2.45, 2.75) is 6.92 Å². The average Bonchev–Trinajstić information content (AvgIpc) is 2.60. The minimum Gasteiger partial charge on any atom is -0.495 e. The molecule has 7 heteroatoms. The number of aryl methyl sites for hydroxylation is 1. The molecule has 0 unspecified atom stereocenters. The molecule has 0 radical (unpaired) electrons. The van der Waals surface area contributed by atoms with Crippen molar-refractivity contribution in [3.63, 3.8) is 0 Å². The molecule has 0 aromatic heterocycles. The van der Waals surface area contributed by atoms with Crippen molar-refractivity contribution in [1.82, 2.24) is 0 Å². The predicted molar refractivity (Wildman–Crippen MR) is 97.8 cm³/mol. The number of anilines is 1. The van der Waals surface area contributed by atoms with Gasteiger partial charge in [0.25, 0.3) is 5.91 Å². The number of ether oxygens (including phenoxy) is 2. The maximum atomic E-state index is 11.8. The minimum absolute atomic E-state index is 0.220. The van der Waals surface area contributed by atoms with Gasteiger partial charge < -0.3 is 19.6 Å². The molecule has 0 fully saturated rings. The number of carbonyl (C=O) groups excluding carboxylic acids is 1. The largest absolute Gasteiger partial charge is 0.495 e. The van der Waals surface area contributed by atoms with Crippen LogP contribution in [0.3, 0.4) is 0 Å². The van der Waals surface area contributed by atoms with Crippen LogP contribution >= 0.6 is 11.6 Å². The van der Waals surface area contributed by atoms with Gasteiger partial charge in [-0.3, -0.25) is 4.79 Å². The maximum Gasteiger partial charge on any atom is 0.270 e. The Labute approximate surface area is 151 Å². The Kier molecular flexibility index (Phi) is 7.10. The third-order valence-corrected chi connectivity index (χ3v) is 3.36. The molecule has 0 saturated carbocycles. The highest BCUT2D eigenvalue weighted by molar-refractivity contribution is 6.33. The Morgan fingerprint density at radius 1 is 1.20 bits per heavy atom. The molecule has 0 atom stereocenters. The molecule has 0 aliphatic rings. The molecule has 2 aromatic rings. The van der Waals surface area contributed by atoms with E-state index in [-0.39, 0.29) is 6.61 Å². The van der Waals surface area contributed by atoms with Gasteiger partial charge in [0.1, 0.15) is 24.3 Å². The first-order chi connectivity index (χ1) is 12.1. The summed E-state index contributed by atoms with van der Waals surface area (Å²) in [5, 5.41) is 6.70. The number of hydrogen-bond donors (Lipinski definition) is 1. The van der Waals surface area contributed by atoms with E-state index in [1.807, 2.05) is 31.2 Å². The van der Waals surface area contributed by atoms with E-state index in [2.05, 4.69) is 10.5 Å². The quantitative estimate of drug-likeness (QED) is 0.442. The number of carbonyl (C=O) groups is 1. The zero-order valence-electron chi connectivity index (χ0n) is 14.0. The number of nitrogens with one attached hydrogen (secondary N) is 1. The standard InChI is InChI=1S/C18H19ClN2O4/c1-13-3-6-15(7-4-13)24-9-10-25-20-12-18(22)21-16-11-14(19)5-8-17(16)23-2/h3-8,11-12H,9-10H2,1-2H3,(H,21,22)/b20-12-. The minimum atomic E-state index is -0.458. The Morgan fingerprint density at radius 3 is 2.68 bits per heavy atom. The Balaban J connectivity index is 1.72. The molecule has 1 N–H and O–H groups in total. The van der Waals surface area contributed by atoms with Crippen molar-refractivity contribution in [2.75, 3.05) is 25.6 Å². The molecule has 2 aromatic carbocycles. The van der Waals surface area contributed by atoms with E-state index < -0.39 is 5.91 Å². The van der Waals surface area contributed by atoms with E-state index in [1.165, 1.54) is 7.11 Å². The average molecular weight is 363 g/mol.